The van der Waals surface area contributed by atoms with E-state index in [-0.39, 0.29) is 24.0 Å². The van der Waals surface area contributed by atoms with E-state index in [4.69, 9.17) is 11.6 Å². The van der Waals surface area contributed by atoms with Crippen LogP contribution >= 0.6 is 47.3 Å². The van der Waals surface area contributed by atoms with E-state index in [1.165, 1.54) is 16.0 Å². The van der Waals surface area contributed by atoms with Crippen LogP contribution in [0.4, 0.5) is 0 Å². The molecule has 2 aromatic carbocycles. The maximum absolute atomic E-state index is 5.91. The minimum atomic E-state index is 0. The van der Waals surface area contributed by atoms with Gasteiger partial charge in [-0.05, 0) is 35.4 Å². The van der Waals surface area contributed by atoms with Crippen LogP contribution in [0.2, 0.25) is 5.02 Å². The Morgan fingerprint density at radius 3 is 2.66 bits per heavy atom. The van der Waals surface area contributed by atoms with E-state index in [1.54, 1.807) is 25.0 Å². The largest absolute Gasteiger partial charge is 0.356 e. The zero-order valence-corrected chi connectivity index (χ0v) is 20.1. The van der Waals surface area contributed by atoms with Crippen molar-refractivity contribution < 1.29 is 0 Å². The lowest BCUT2D eigenvalue weighted by Gasteiger charge is -2.12. The number of halogens is 2. The number of rotatable bonds is 8. The van der Waals surface area contributed by atoms with Gasteiger partial charge in [0, 0.05) is 54.7 Å². The van der Waals surface area contributed by atoms with Gasteiger partial charge >= 0.3 is 0 Å². The summed E-state index contributed by atoms with van der Waals surface area (Å²) in [4.78, 5) is 9.60. The van der Waals surface area contributed by atoms with Crippen LogP contribution in [-0.2, 0) is 13.1 Å². The molecule has 0 aliphatic heterocycles. The van der Waals surface area contributed by atoms with Crippen molar-refractivity contribution in [1.29, 1.82) is 0 Å². The molecule has 0 fully saturated rings. The fourth-order valence-electron chi connectivity index (χ4n) is 2.70. The minimum Gasteiger partial charge on any atom is -0.356 e. The van der Waals surface area contributed by atoms with E-state index in [0.717, 1.165) is 36.4 Å². The van der Waals surface area contributed by atoms with Gasteiger partial charge in [0.1, 0.15) is 0 Å². The van der Waals surface area contributed by atoms with E-state index >= 15 is 0 Å². The van der Waals surface area contributed by atoms with E-state index in [1.807, 2.05) is 36.8 Å². The van der Waals surface area contributed by atoms with Crippen molar-refractivity contribution in [3.05, 3.63) is 83.4 Å². The van der Waals surface area contributed by atoms with E-state index in [9.17, 15) is 0 Å². The Morgan fingerprint density at radius 2 is 1.93 bits per heavy atom. The number of hydrogen-bond acceptors (Lipinski definition) is 3. The normalized spacial score (nSPS) is 11.0. The molecular weight excluding hydrogens is 517 g/mol. The molecule has 0 bridgehead atoms. The van der Waals surface area contributed by atoms with Gasteiger partial charge in [-0.2, -0.15) is 0 Å². The van der Waals surface area contributed by atoms with Gasteiger partial charge < -0.3 is 15.2 Å². The van der Waals surface area contributed by atoms with E-state index in [2.05, 4.69) is 49.4 Å². The van der Waals surface area contributed by atoms with E-state index in [0.29, 0.717) is 0 Å². The summed E-state index contributed by atoms with van der Waals surface area (Å²) in [6.07, 6.45) is 5.60. The number of hydrogen-bond donors (Lipinski definition) is 2. The maximum atomic E-state index is 5.91. The van der Waals surface area contributed by atoms with Crippen molar-refractivity contribution in [2.45, 2.75) is 18.0 Å². The van der Waals surface area contributed by atoms with Crippen molar-refractivity contribution >= 4 is 53.3 Å². The molecule has 0 atom stereocenters. The lowest BCUT2D eigenvalue weighted by Crippen LogP contribution is -2.37. The molecule has 0 aliphatic rings. The molecule has 0 saturated heterocycles. The zero-order chi connectivity index (χ0) is 19.6. The zero-order valence-electron chi connectivity index (χ0n) is 16.2. The monoisotopic (exact) mass is 541 g/mol. The highest BCUT2D eigenvalue weighted by atomic mass is 127. The molecule has 8 heteroatoms. The fraction of sp³-hybridized carbons (Fsp3) is 0.238. The van der Waals surface area contributed by atoms with Gasteiger partial charge in [0.25, 0.3) is 0 Å². The summed E-state index contributed by atoms with van der Waals surface area (Å²) in [6.45, 7) is 2.37. The smallest absolute Gasteiger partial charge is 0.191 e. The van der Waals surface area contributed by atoms with Crippen molar-refractivity contribution in [2.75, 3.05) is 19.3 Å². The first-order valence-electron chi connectivity index (χ1n) is 9.09. The highest BCUT2D eigenvalue weighted by Gasteiger charge is 2.01. The maximum Gasteiger partial charge on any atom is 0.191 e. The number of benzene rings is 2. The summed E-state index contributed by atoms with van der Waals surface area (Å²) in [5.74, 6) is 1.75. The van der Waals surface area contributed by atoms with Crippen LogP contribution in [-0.4, -0.2) is 34.9 Å². The number of guanidine groups is 1. The number of aliphatic imine (C=N–C) groups is 1. The molecule has 0 saturated carbocycles. The lowest BCUT2D eigenvalue weighted by atomic mass is 10.1. The van der Waals surface area contributed by atoms with Crippen LogP contribution < -0.4 is 10.6 Å². The minimum absolute atomic E-state index is 0. The molecule has 5 nitrogen and oxygen atoms in total. The van der Waals surface area contributed by atoms with Crippen LogP contribution in [0.15, 0.2) is 77.1 Å². The summed E-state index contributed by atoms with van der Waals surface area (Å²) in [7, 11) is 1.79. The number of nitrogens with one attached hydrogen (secondary N) is 2. The summed E-state index contributed by atoms with van der Waals surface area (Å²) in [5, 5.41) is 7.49. The molecule has 0 spiro atoms. The molecule has 29 heavy (non-hydrogen) atoms. The highest BCUT2D eigenvalue weighted by molar-refractivity contribution is 14.0. The Morgan fingerprint density at radius 1 is 1.14 bits per heavy atom. The van der Waals surface area contributed by atoms with Crippen molar-refractivity contribution in [2.24, 2.45) is 4.99 Å². The number of imidazole rings is 1. The van der Waals surface area contributed by atoms with Gasteiger partial charge in [-0.25, -0.2) is 4.98 Å². The van der Waals surface area contributed by atoms with Gasteiger partial charge in [0.2, 0.25) is 0 Å². The highest BCUT2D eigenvalue weighted by Crippen LogP contribution is 2.19. The second kappa shape index (κ2) is 12.8. The van der Waals surface area contributed by atoms with Gasteiger partial charge in [-0.1, -0.05) is 35.9 Å². The average molecular weight is 542 g/mol. The summed E-state index contributed by atoms with van der Waals surface area (Å²) in [6, 6.07) is 16.4. The van der Waals surface area contributed by atoms with Gasteiger partial charge in [0.15, 0.2) is 5.96 Å². The van der Waals surface area contributed by atoms with Crippen molar-refractivity contribution in [3.63, 3.8) is 0 Å². The number of aromatic nitrogens is 2. The fourth-order valence-corrected chi connectivity index (χ4v) is 3.60. The average Bonchev–Trinajstić information content (AvgIpc) is 3.22. The molecule has 1 heterocycles. The van der Waals surface area contributed by atoms with Crippen LogP contribution in [0.5, 0.6) is 0 Å². The molecule has 3 rings (SSSR count). The Kier molecular flexibility index (Phi) is 10.4. The first-order chi connectivity index (χ1) is 13.7. The van der Waals surface area contributed by atoms with Crippen LogP contribution in [0, 0.1) is 0 Å². The van der Waals surface area contributed by atoms with Gasteiger partial charge in [-0.3, -0.25) is 4.99 Å². The van der Waals surface area contributed by atoms with Crippen LogP contribution in [0.3, 0.4) is 0 Å². The lowest BCUT2D eigenvalue weighted by molar-refractivity contribution is 0.790. The van der Waals surface area contributed by atoms with E-state index < -0.39 is 0 Å². The Bertz CT molecular complexity index is 884. The first kappa shape index (κ1) is 23.6. The van der Waals surface area contributed by atoms with Crippen LogP contribution in [0.1, 0.15) is 11.1 Å². The third-order valence-corrected chi connectivity index (χ3v) is 5.34. The molecule has 154 valence electrons. The molecule has 1 aromatic heterocycles. The predicted octanol–water partition coefficient (Wildman–Crippen LogP) is 4.66. The third kappa shape index (κ3) is 8.28. The van der Waals surface area contributed by atoms with Crippen molar-refractivity contribution in [3.8, 4) is 0 Å². The Balaban J connectivity index is 0.00000300. The molecule has 3 aromatic rings. The molecule has 0 aliphatic carbocycles. The summed E-state index contributed by atoms with van der Waals surface area (Å²) >= 11 is 7.70. The van der Waals surface area contributed by atoms with Gasteiger partial charge in [-0.15, -0.1) is 35.7 Å². The number of thioether (sulfide) groups is 1. The second-order valence-corrected chi connectivity index (χ2v) is 7.81. The van der Waals surface area contributed by atoms with Gasteiger partial charge in [0.05, 0.1) is 6.33 Å². The molecule has 0 amide bonds. The number of nitrogens with zero attached hydrogens (tertiary/aromatic N) is 3. The SMILES string of the molecule is CN=C(NCCSc1ccc(Cl)cc1)NCc1cccc(Cn2ccnc2)c1.I. The van der Waals surface area contributed by atoms with Crippen molar-refractivity contribution in [1.82, 2.24) is 20.2 Å². The third-order valence-electron chi connectivity index (χ3n) is 4.08. The first-order valence-corrected chi connectivity index (χ1v) is 10.5. The topological polar surface area (TPSA) is 54.2 Å². The summed E-state index contributed by atoms with van der Waals surface area (Å²) in [5.41, 5.74) is 2.47. The summed E-state index contributed by atoms with van der Waals surface area (Å²) < 4.78 is 2.06. The van der Waals surface area contributed by atoms with Crippen LogP contribution in [0.25, 0.3) is 0 Å². The molecule has 0 radical (unpaired) electrons. The molecule has 0 unspecified atom stereocenters. The standard InChI is InChI=1S/C21H24ClN5S.HI/c1-23-21(25-10-12-28-20-7-5-19(22)6-8-20)26-14-17-3-2-4-18(13-17)15-27-11-9-24-16-27;/h2-9,11,13,16H,10,12,14-15H2,1H3,(H2,23,25,26);1H. The molecule has 2 N–H and O–H groups in total. The molecular formula is C21H25ClIN5S. The second-order valence-electron chi connectivity index (χ2n) is 6.21. The Labute approximate surface area is 198 Å². The Hall–Kier alpha value is -1.71. The quantitative estimate of drug-likeness (QED) is 0.143. The predicted molar refractivity (Wildman–Crippen MR) is 134 cm³/mol.